The molecule has 0 saturated heterocycles. The van der Waals surface area contributed by atoms with E-state index in [4.69, 9.17) is 9.40 Å². The molecule has 0 saturated carbocycles. The van der Waals surface area contributed by atoms with Crippen LogP contribution in [0.4, 0.5) is 0 Å². The molecule has 0 spiro atoms. The Labute approximate surface area is 275 Å². The van der Waals surface area contributed by atoms with E-state index in [0.29, 0.717) is 0 Å². The first-order valence-corrected chi connectivity index (χ1v) is 21.8. The van der Waals surface area contributed by atoms with Gasteiger partial charge in [-0.3, -0.25) is 0 Å². The quantitative estimate of drug-likeness (QED) is 0.129. The minimum absolute atomic E-state index is 0. The molecular weight excluding hydrogens is 777 g/mol. The number of nitrogens with zero attached hydrogens (tertiary/aromatic N) is 2. The number of benzene rings is 4. The first kappa shape index (κ1) is 31.3. The molecule has 0 bridgehead atoms. The van der Waals surface area contributed by atoms with Gasteiger partial charge in [0.15, 0.2) is 0 Å². The number of fused-ring (bicyclic) bond motifs is 1. The monoisotopic (exact) mass is 811 g/mol. The Morgan fingerprint density at radius 1 is 0.636 bits per heavy atom. The second kappa shape index (κ2) is 14.1. The number of hydrogen-bond donors (Lipinski definition) is 0. The van der Waals surface area contributed by atoms with Crippen molar-refractivity contribution in [1.82, 2.24) is 9.97 Å². The summed E-state index contributed by atoms with van der Waals surface area (Å²) >= 11 is -1.90. The van der Waals surface area contributed by atoms with Gasteiger partial charge in [-0.25, -0.2) is 0 Å². The molecule has 1 radical (unpaired) electrons. The van der Waals surface area contributed by atoms with E-state index in [1.807, 2.05) is 72.9 Å². The van der Waals surface area contributed by atoms with E-state index < -0.39 is 13.3 Å². The average molecular weight is 810 g/mol. The molecule has 0 atom stereocenters. The first-order chi connectivity index (χ1) is 21.0. The van der Waals surface area contributed by atoms with Crippen LogP contribution in [0.5, 0.6) is 0 Å². The molecule has 0 N–H and O–H groups in total. The van der Waals surface area contributed by atoms with Gasteiger partial charge in [-0.1, -0.05) is 18.2 Å². The van der Waals surface area contributed by atoms with E-state index in [2.05, 4.69) is 95.0 Å². The van der Waals surface area contributed by atoms with Gasteiger partial charge < -0.3 is 4.98 Å². The predicted octanol–water partition coefficient (Wildman–Crippen LogP) is 9.72. The van der Waals surface area contributed by atoms with Gasteiger partial charge in [0, 0.05) is 26.3 Å². The van der Waals surface area contributed by atoms with Crippen LogP contribution in [-0.2, 0) is 20.1 Å². The van der Waals surface area contributed by atoms with Crippen LogP contribution in [0.3, 0.4) is 0 Å². The minimum atomic E-state index is -1.90. The smallest absolute Gasteiger partial charge is 0.0160 e. The van der Waals surface area contributed by atoms with Crippen LogP contribution in [0.15, 0.2) is 144 Å². The first-order valence-electron chi connectivity index (χ1n) is 14.4. The molecule has 44 heavy (non-hydrogen) atoms. The molecule has 0 fully saturated rings. The van der Waals surface area contributed by atoms with Gasteiger partial charge in [-0.2, -0.15) is 0 Å². The third-order valence-electron chi connectivity index (χ3n) is 7.26. The van der Waals surface area contributed by atoms with Crippen molar-refractivity contribution in [3.05, 3.63) is 152 Å². The molecule has 0 aliphatic rings. The zero-order valence-corrected chi connectivity index (χ0v) is 29.4. The van der Waals surface area contributed by atoms with Crippen LogP contribution in [0.25, 0.3) is 55.9 Å². The Morgan fingerprint density at radius 3 is 1.93 bits per heavy atom. The third kappa shape index (κ3) is 7.34. The number of aromatic nitrogens is 2. The standard InChI is InChI=1S/C28H24GeNO.C11H8N.Ir/c1-29(2,3)23-14-15-26(30-19-23)22-16-24(20-10-6-4-7-11-20)25-18-27(31-28(25)17-22)21-12-8-5-9-13-21;1-2-6-10(7-3-1)11-8-4-5-9-12-11;/h4-16,18-19H,1-3H3;1-6,8-9H;/q2*-1;. The maximum absolute atomic E-state index is 6.28. The topological polar surface area (TPSA) is 38.9 Å². The van der Waals surface area contributed by atoms with E-state index >= 15 is 0 Å². The number of furan rings is 1. The van der Waals surface area contributed by atoms with Crippen LogP contribution in [-0.4, -0.2) is 23.2 Å². The molecule has 7 aromatic rings. The zero-order valence-electron chi connectivity index (χ0n) is 24.9. The molecule has 0 unspecified atom stereocenters. The maximum Gasteiger partial charge on any atom is 0.0160 e. The van der Waals surface area contributed by atoms with Crippen LogP contribution >= 0.6 is 0 Å². The summed E-state index contributed by atoms with van der Waals surface area (Å²) < 4.78 is 7.68. The molecule has 0 aliphatic carbocycles. The summed E-state index contributed by atoms with van der Waals surface area (Å²) in [5.41, 5.74) is 8.00. The van der Waals surface area contributed by atoms with Gasteiger partial charge in [0.2, 0.25) is 0 Å². The summed E-state index contributed by atoms with van der Waals surface area (Å²) in [6, 6.07) is 49.6. The molecule has 0 amide bonds. The zero-order chi connectivity index (χ0) is 29.6. The van der Waals surface area contributed by atoms with Crippen LogP contribution < -0.4 is 4.40 Å². The molecule has 0 aliphatic heterocycles. The Balaban J connectivity index is 0.000000248. The van der Waals surface area contributed by atoms with Gasteiger partial charge in [0.1, 0.15) is 0 Å². The summed E-state index contributed by atoms with van der Waals surface area (Å²) in [7, 11) is 0. The van der Waals surface area contributed by atoms with Crippen LogP contribution in [0.2, 0.25) is 17.3 Å². The van der Waals surface area contributed by atoms with Gasteiger partial charge in [0.25, 0.3) is 0 Å². The average Bonchev–Trinajstić information content (AvgIpc) is 3.50. The summed E-state index contributed by atoms with van der Waals surface area (Å²) in [5, 5.41) is 1.06. The number of pyridine rings is 2. The van der Waals surface area contributed by atoms with Crippen molar-refractivity contribution in [3.63, 3.8) is 0 Å². The van der Waals surface area contributed by atoms with Crippen molar-refractivity contribution in [2.75, 3.05) is 0 Å². The van der Waals surface area contributed by atoms with Crippen molar-refractivity contribution in [2.45, 2.75) is 17.3 Å². The van der Waals surface area contributed by atoms with E-state index in [1.54, 1.807) is 6.20 Å². The molecule has 3 heterocycles. The second-order valence-electron chi connectivity index (χ2n) is 11.4. The van der Waals surface area contributed by atoms with E-state index in [-0.39, 0.29) is 20.1 Å². The largest absolute Gasteiger partial charge is 0.305 e. The van der Waals surface area contributed by atoms with Gasteiger partial charge in [0.05, 0.1) is 0 Å². The molecule has 4 aromatic carbocycles. The maximum atomic E-state index is 6.28. The fourth-order valence-corrected chi connectivity index (χ4v) is 7.05. The fraction of sp³-hybridized carbons (Fsp3) is 0.0769. The number of hydrogen-bond acceptors (Lipinski definition) is 3. The predicted molar refractivity (Wildman–Crippen MR) is 181 cm³/mol. The molecule has 3 aromatic heterocycles. The van der Waals surface area contributed by atoms with Crippen molar-refractivity contribution in [3.8, 4) is 45.0 Å². The van der Waals surface area contributed by atoms with Crippen LogP contribution in [0.1, 0.15) is 0 Å². The summed E-state index contributed by atoms with van der Waals surface area (Å²) in [6.45, 7) is 0. The number of rotatable bonds is 5. The molecule has 7 rings (SSSR count). The molecule has 5 heteroatoms. The summed E-state index contributed by atoms with van der Waals surface area (Å²) in [6.07, 6.45) is 3.84. The minimum Gasteiger partial charge on any atom is -0.305 e. The fourth-order valence-electron chi connectivity index (χ4n) is 4.88. The van der Waals surface area contributed by atoms with Gasteiger partial charge >= 0.3 is 180 Å². The summed E-state index contributed by atoms with van der Waals surface area (Å²) in [5.74, 6) is 8.01. The van der Waals surface area contributed by atoms with Crippen molar-refractivity contribution in [1.29, 1.82) is 0 Å². The van der Waals surface area contributed by atoms with E-state index in [9.17, 15) is 0 Å². The molecular formula is C39H32GeIrN2O-2. The molecule has 3 nitrogen and oxygen atoms in total. The Kier molecular flexibility index (Phi) is 10.1. The van der Waals surface area contributed by atoms with E-state index in [0.717, 1.165) is 55.9 Å². The SMILES string of the molecule is [CH3][Ge]([CH3])([CH3])[c]1ccc(-c2[c-]c3oc(-c4ccccc4)cc3c(-c3ccccc3)c2)nc1.[Ir].[c-]1ccccc1-c1ccccn1. The normalized spacial score (nSPS) is 10.9. The van der Waals surface area contributed by atoms with Crippen molar-refractivity contribution in [2.24, 2.45) is 0 Å². The van der Waals surface area contributed by atoms with Crippen LogP contribution in [0, 0.1) is 12.1 Å². The Bertz CT molecular complexity index is 1880. The molecule has 219 valence electrons. The Hall–Kier alpha value is -4.09. The van der Waals surface area contributed by atoms with Gasteiger partial charge in [-0.15, -0.1) is 35.9 Å². The summed E-state index contributed by atoms with van der Waals surface area (Å²) in [4.78, 5) is 9.01. The van der Waals surface area contributed by atoms with E-state index in [1.165, 1.54) is 4.40 Å². The van der Waals surface area contributed by atoms with Crippen molar-refractivity contribution < 1.29 is 24.5 Å². The third-order valence-corrected chi connectivity index (χ3v) is 11.5. The second-order valence-corrected chi connectivity index (χ2v) is 22.0. The van der Waals surface area contributed by atoms with Gasteiger partial charge in [-0.05, 0) is 11.8 Å². The Morgan fingerprint density at radius 2 is 1.32 bits per heavy atom. The van der Waals surface area contributed by atoms with Crippen molar-refractivity contribution >= 4 is 28.6 Å².